The van der Waals surface area contributed by atoms with Crippen molar-refractivity contribution in [2.45, 2.75) is 24.6 Å². The van der Waals surface area contributed by atoms with Crippen LogP contribution in [0.25, 0.3) is 0 Å². The summed E-state index contributed by atoms with van der Waals surface area (Å²) in [4.78, 5) is 18.9. The number of aryl methyl sites for hydroxylation is 1. The molecule has 2 aliphatic rings. The molecule has 0 N–H and O–H groups in total. The van der Waals surface area contributed by atoms with Gasteiger partial charge in [-0.15, -0.1) is 0 Å². The van der Waals surface area contributed by atoms with Crippen molar-refractivity contribution in [3.05, 3.63) is 64.1 Å². The fourth-order valence-corrected chi connectivity index (χ4v) is 7.81. The maximum absolute atomic E-state index is 12.6. The number of carbonyl (C=O) groups excluding carboxylic acids is 1. The average molecular weight is 479 g/mol. The number of carbonyl (C=O) groups is 1. The molecule has 146 valence electrons. The molecule has 28 heavy (non-hydrogen) atoms. The van der Waals surface area contributed by atoms with Crippen LogP contribution in [0.4, 0.5) is 5.69 Å². The lowest BCUT2D eigenvalue weighted by molar-refractivity contribution is -0.117. The van der Waals surface area contributed by atoms with Crippen LogP contribution < -0.4 is 4.90 Å². The highest BCUT2D eigenvalue weighted by molar-refractivity contribution is 9.10. The molecule has 2 aliphatic heterocycles. The fourth-order valence-electron chi connectivity index (χ4n) is 3.61. The molecule has 0 spiro atoms. The van der Waals surface area contributed by atoms with Gasteiger partial charge in [-0.05, 0) is 36.8 Å². The van der Waals surface area contributed by atoms with Crippen molar-refractivity contribution < 1.29 is 13.2 Å². The zero-order chi connectivity index (χ0) is 19.9. The van der Waals surface area contributed by atoms with E-state index in [2.05, 4.69) is 20.9 Å². The van der Waals surface area contributed by atoms with Crippen LogP contribution in [0.3, 0.4) is 0 Å². The molecule has 0 bridgehead atoms. The first kappa shape index (κ1) is 19.7. The molecule has 2 fully saturated rings. The molecule has 2 atom stereocenters. The molecular weight excluding hydrogens is 460 g/mol. The molecule has 2 saturated heterocycles. The summed E-state index contributed by atoms with van der Waals surface area (Å²) in [5.41, 5.74) is 2.88. The molecule has 8 heteroatoms. The third-order valence-electron chi connectivity index (χ3n) is 4.83. The van der Waals surface area contributed by atoms with E-state index in [0.29, 0.717) is 5.17 Å². The van der Waals surface area contributed by atoms with Crippen molar-refractivity contribution >= 4 is 54.3 Å². The summed E-state index contributed by atoms with van der Waals surface area (Å²) in [6.07, 6.45) is 0.230. The molecule has 0 saturated carbocycles. The maximum Gasteiger partial charge on any atom is 0.252 e. The first-order valence-corrected chi connectivity index (χ1v) is 12.4. The first-order chi connectivity index (χ1) is 13.3. The van der Waals surface area contributed by atoms with E-state index >= 15 is 0 Å². The van der Waals surface area contributed by atoms with Gasteiger partial charge in [0, 0.05) is 15.4 Å². The number of rotatable bonds is 3. The Balaban J connectivity index is 1.63. The Morgan fingerprint density at radius 1 is 1.21 bits per heavy atom. The SMILES string of the molecule is Cc1cccc(CC(=O)N=C2SC3CS(=O)(=O)CC3N2c2ccc(Br)cc2)c1. The summed E-state index contributed by atoms with van der Waals surface area (Å²) < 4.78 is 25.2. The number of anilines is 1. The number of amides is 1. The highest BCUT2D eigenvalue weighted by Crippen LogP contribution is 2.41. The monoisotopic (exact) mass is 478 g/mol. The van der Waals surface area contributed by atoms with Crippen LogP contribution in [0, 0.1) is 6.92 Å². The molecule has 0 aliphatic carbocycles. The largest absolute Gasteiger partial charge is 0.316 e. The van der Waals surface area contributed by atoms with Gasteiger partial charge in [-0.1, -0.05) is 57.5 Å². The number of aliphatic imine (C=N–C) groups is 1. The minimum atomic E-state index is -3.07. The summed E-state index contributed by atoms with van der Waals surface area (Å²) in [7, 11) is -3.07. The Bertz CT molecular complexity index is 1050. The van der Waals surface area contributed by atoms with Crippen LogP contribution in [-0.4, -0.2) is 42.3 Å². The van der Waals surface area contributed by atoms with E-state index in [1.165, 1.54) is 11.8 Å². The number of sulfone groups is 1. The topological polar surface area (TPSA) is 66.8 Å². The molecule has 2 aromatic carbocycles. The number of thioether (sulfide) groups is 1. The molecule has 0 radical (unpaired) electrons. The lowest BCUT2D eigenvalue weighted by Crippen LogP contribution is -2.37. The molecule has 4 rings (SSSR count). The van der Waals surface area contributed by atoms with Crippen molar-refractivity contribution in [2.75, 3.05) is 16.4 Å². The standard InChI is InChI=1S/C20H19BrN2O3S2/c1-13-3-2-4-14(9-13)10-19(24)22-20-23(16-7-5-15(21)6-8-16)17-11-28(25,26)12-18(17)27-20/h2-9,17-18H,10-12H2,1H3. The zero-order valence-corrected chi connectivity index (χ0v) is 18.4. The minimum Gasteiger partial charge on any atom is -0.316 e. The average Bonchev–Trinajstić information content (AvgIpc) is 3.06. The normalized spacial score (nSPS) is 24.5. The number of halogens is 1. The molecule has 2 heterocycles. The summed E-state index contributed by atoms with van der Waals surface area (Å²) in [5, 5.41) is 0.490. The lowest BCUT2D eigenvalue weighted by atomic mass is 10.1. The quantitative estimate of drug-likeness (QED) is 0.673. The smallest absolute Gasteiger partial charge is 0.252 e. The minimum absolute atomic E-state index is 0.0891. The van der Waals surface area contributed by atoms with Crippen molar-refractivity contribution in [1.82, 2.24) is 0 Å². The molecular formula is C20H19BrN2O3S2. The Morgan fingerprint density at radius 3 is 2.68 bits per heavy atom. The van der Waals surface area contributed by atoms with E-state index in [1.54, 1.807) is 0 Å². The molecule has 5 nitrogen and oxygen atoms in total. The van der Waals surface area contributed by atoms with Gasteiger partial charge in [0.25, 0.3) is 5.91 Å². The summed E-state index contributed by atoms with van der Waals surface area (Å²) in [5.74, 6) is -0.00948. The first-order valence-electron chi connectivity index (χ1n) is 8.90. The van der Waals surface area contributed by atoms with Gasteiger partial charge >= 0.3 is 0 Å². The van der Waals surface area contributed by atoms with E-state index < -0.39 is 9.84 Å². The number of hydrogen-bond acceptors (Lipinski definition) is 4. The number of fused-ring (bicyclic) bond motifs is 1. The van der Waals surface area contributed by atoms with Crippen molar-refractivity contribution in [2.24, 2.45) is 4.99 Å². The second-order valence-corrected chi connectivity index (χ2v) is 11.4. The fraction of sp³-hybridized carbons (Fsp3) is 0.300. The van der Waals surface area contributed by atoms with E-state index in [4.69, 9.17) is 0 Å². The van der Waals surface area contributed by atoms with Crippen LogP contribution >= 0.6 is 27.7 Å². The Kier molecular flexibility index (Phi) is 5.37. The third-order valence-corrected chi connectivity index (χ3v) is 8.57. The van der Waals surface area contributed by atoms with Crippen molar-refractivity contribution in [1.29, 1.82) is 0 Å². The van der Waals surface area contributed by atoms with Crippen molar-refractivity contribution in [3.63, 3.8) is 0 Å². The Labute approximate surface area is 177 Å². The predicted molar refractivity (Wildman–Crippen MR) is 118 cm³/mol. The van der Waals surface area contributed by atoms with Gasteiger partial charge in [0.15, 0.2) is 15.0 Å². The van der Waals surface area contributed by atoms with Crippen molar-refractivity contribution in [3.8, 4) is 0 Å². The highest BCUT2D eigenvalue weighted by Gasteiger charge is 2.49. The van der Waals surface area contributed by atoms with Crippen LogP contribution in [0.1, 0.15) is 11.1 Å². The van der Waals surface area contributed by atoms with Crippen LogP contribution in [0.15, 0.2) is 58.0 Å². The predicted octanol–water partition coefficient (Wildman–Crippen LogP) is 3.60. The maximum atomic E-state index is 12.6. The van der Waals surface area contributed by atoms with Gasteiger partial charge in [0.1, 0.15) is 0 Å². The van der Waals surface area contributed by atoms with Gasteiger partial charge in [0.2, 0.25) is 0 Å². The molecule has 2 aromatic rings. The zero-order valence-electron chi connectivity index (χ0n) is 15.2. The van der Waals surface area contributed by atoms with E-state index in [9.17, 15) is 13.2 Å². The van der Waals surface area contributed by atoms with Gasteiger partial charge < -0.3 is 4.90 Å². The lowest BCUT2D eigenvalue weighted by Gasteiger charge is -2.24. The van der Waals surface area contributed by atoms with Gasteiger partial charge in [0.05, 0.1) is 24.0 Å². The van der Waals surface area contributed by atoms with E-state index in [0.717, 1.165) is 21.3 Å². The molecule has 2 unspecified atom stereocenters. The van der Waals surface area contributed by atoms with E-state index in [-0.39, 0.29) is 35.1 Å². The second-order valence-electron chi connectivity index (χ2n) is 7.10. The summed E-state index contributed by atoms with van der Waals surface area (Å²) >= 11 is 4.82. The van der Waals surface area contributed by atoms with Crippen LogP contribution in [0.5, 0.6) is 0 Å². The number of hydrogen-bond donors (Lipinski definition) is 0. The van der Waals surface area contributed by atoms with Crippen LogP contribution in [0.2, 0.25) is 0 Å². The van der Waals surface area contributed by atoms with Gasteiger partial charge in [-0.2, -0.15) is 4.99 Å². The molecule has 1 amide bonds. The Hall–Kier alpha value is -1.64. The highest BCUT2D eigenvalue weighted by atomic mass is 79.9. The number of nitrogens with zero attached hydrogens (tertiary/aromatic N) is 2. The van der Waals surface area contributed by atoms with Gasteiger partial charge in [-0.3, -0.25) is 4.79 Å². The number of benzene rings is 2. The summed E-state index contributed by atoms with van der Waals surface area (Å²) in [6.45, 7) is 1.99. The summed E-state index contributed by atoms with van der Waals surface area (Å²) in [6, 6.07) is 15.3. The third kappa shape index (κ3) is 4.18. The Morgan fingerprint density at radius 2 is 1.96 bits per heavy atom. The van der Waals surface area contributed by atoms with Gasteiger partial charge in [-0.25, -0.2) is 8.42 Å². The second kappa shape index (κ2) is 7.65. The molecule has 0 aromatic heterocycles. The van der Waals surface area contributed by atoms with Crippen LogP contribution in [-0.2, 0) is 21.1 Å². The number of amidine groups is 1. The van der Waals surface area contributed by atoms with E-state index in [1.807, 2.05) is 60.4 Å².